The van der Waals surface area contributed by atoms with Gasteiger partial charge in [0.05, 0.1) is 0 Å². The number of phenolic OH excluding ortho intramolecular Hbond substituents is 1. The van der Waals surface area contributed by atoms with Gasteiger partial charge in [0.1, 0.15) is 5.75 Å². The third kappa shape index (κ3) is 5.11. The zero-order valence-corrected chi connectivity index (χ0v) is 14.7. The van der Waals surface area contributed by atoms with Crippen LogP contribution in [-0.2, 0) is 6.42 Å². The molecule has 1 aromatic rings. The van der Waals surface area contributed by atoms with E-state index < -0.39 is 0 Å². The lowest BCUT2D eigenvalue weighted by Gasteiger charge is -2.36. The Morgan fingerprint density at radius 2 is 2.10 bits per heavy atom. The zero-order valence-electron chi connectivity index (χ0n) is 13.0. The molecule has 0 saturated carbocycles. The molecule has 1 saturated heterocycles. The number of thioether (sulfide) groups is 2. The molecule has 0 radical (unpaired) electrons. The monoisotopic (exact) mass is 325 g/mol. The molecule has 2 nitrogen and oxygen atoms in total. The number of nitrogens with one attached hydrogen (secondary N) is 1. The van der Waals surface area contributed by atoms with E-state index in [0.717, 1.165) is 24.6 Å². The molecule has 0 aromatic heterocycles. The Labute approximate surface area is 137 Å². The SMILES string of the molecule is CCCNC(Cc1cccc(O)c1)C1SCCSC1CC. The summed E-state index contributed by atoms with van der Waals surface area (Å²) in [5.41, 5.74) is 1.23. The lowest BCUT2D eigenvalue weighted by Crippen LogP contribution is -2.46. The second-order valence-electron chi connectivity index (χ2n) is 5.59. The van der Waals surface area contributed by atoms with Gasteiger partial charge in [-0.2, -0.15) is 23.5 Å². The zero-order chi connectivity index (χ0) is 15.1. The molecule has 1 aromatic carbocycles. The van der Waals surface area contributed by atoms with Crippen LogP contribution in [0.25, 0.3) is 0 Å². The molecule has 0 aliphatic carbocycles. The molecule has 118 valence electrons. The molecule has 1 fully saturated rings. The van der Waals surface area contributed by atoms with Crippen LogP contribution in [0.15, 0.2) is 24.3 Å². The van der Waals surface area contributed by atoms with E-state index in [4.69, 9.17) is 0 Å². The van der Waals surface area contributed by atoms with Gasteiger partial charge in [-0.25, -0.2) is 0 Å². The number of rotatable bonds is 7. The first-order valence-electron chi connectivity index (χ1n) is 7.99. The topological polar surface area (TPSA) is 32.3 Å². The third-order valence-corrected chi connectivity index (χ3v) is 7.32. The van der Waals surface area contributed by atoms with Crippen LogP contribution in [-0.4, -0.2) is 39.7 Å². The van der Waals surface area contributed by atoms with Crippen LogP contribution in [0.2, 0.25) is 0 Å². The van der Waals surface area contributed by atoms with Crippen molar-refractivity contribution in [2.45, 2.75) is 49.7 Å². The number of hydrogen-bond acceptors (Lipinski definition) is 4. The molecule has 2 rings (SSSR count). The maximum Gasteiger partial charge on any atom is 0.115 e. The van der Waals surface area contributed by atoms with Gasteiger partial charge in [0.15, 0.2) is 0 Å². The van der Waals surface area contributed by atoms with E-state index >= 15 is 0 Å². The molecule has 1 aliphatic heterocycles. The van der Waals surface area contributed by atoms with Crippen molar-refractivity contribution in [3.63, 3.8) is 0 Å². The van der Waals surface area contributed by atoms with Crippen LogP contribution in [0.3, 0.4) is 0 Å². The average Bonchev–Trinajstić information content (AvgIpc) is 2.51. The van der Waals surface area contributed by atoms with E-state index in [1.54, 1.807) is 6.07 Å². The van der Waals surface area contributed by atoms with Crippen LogP contribution < -0.4 is 5.32 Å². The highest BCUT2D eigenvalue weighted by Crippen LogP contribution is 2.36. The second-order valence-corrected chi connectivity index (χ2v) is 8.22. The molecule has 0 amide bonds. The Kier molecular flexibility index (Phi) is 7.27. The van der Waals surface area contributed by atoms with E-state index in [-0.39, 0.29) is 0 Å². The summed E-state index contributed by atoms with van der Waals surface area (Å²) in [5.74, 6) is 2.92. The molecule has 0 bridgehead atoms. The molecule has 1 aliphatic rings. The molecule has 1 heterocycles. The summed E-state index contributed by atoms with van der Waals surface area (Å²) < 4.78 is 0. The van der Waals surface area contributed by atoms with Gasteiger partial charge in [-0.15, -0.1) is 0 Å². The Hall–Kier alpha value is -0.320. The normalized spacial score (nSPS) is 23.9. The van der Waals surface area contributed by atoms with E-state index in [2.05, 4.69) is 48.8 Å². The average molecular weight is 326 g/mol. The van der Waals surface area contributed by atoms with Crippen molar-refractivity contribution in [3.05, 3.63) is 29.8 Å². The summed E-state index contributed by atoms with van der Waals surface area (Å²) >= 11 is 4.27. The maximum atomic E-state index is 9.68. The number of aromatic hydroxyl groups is 1. The van der Waals surface area contributed by atoms with E-state index in [0.29, 0.717) is 17.0 Å². The predicted molar refractivity (Wildman–Crippen MR) is 96.7 cm³/mol. The van der Waals surface area contributed by atoms with Crippen molar-refractivity contribution >= 4 is 23.5 Å². The summed E-state index contributed by atoms with van der Waals surface area (Å²) in [4.78, 5) is 0. The van der Waals surface area contributed by atoms with Gasteiger partial charge >= 0.3 is 0 Å². The predicted octanol–water partition coefficient (Wildman–Crippen LogP) is 3.93. The highest BCUT2D eigenvalue weighted by atomic mass is 32.2. The van der Waals surface area contributed by atoms with Crippen LogP contribution in [0.4, 0.5) is 0 Å². The van der Waals surface area contributed by atoms with Gasteiger partial charge in [-0.1, -0.05) is 26.0 Å². The van der Waals surface area contributed by atoms with Crippen LogP contribution in [0.5, 0.6) is 5.75 Å². The minimum atomic E-state index is 0.374. The molecule has 3 atom stereocenters. The molecule has 3 unspecified atom stereocenters. The molecule has 0 spiro atoms. The van der Waals surface area contributed by atoms with Crippen molar-refractivity contribution in [2.75, 3.05) is 18.1 Å². The highest BCUT2D eigenvalue weighted by molar-refractivity contribution is 8.07. The van der Waals surface area contributed by atoms with Gasteiger partial charge in [0.25, 0.3) is 0 Å². The lowest BCUT2D eigenvalue weighted by atomic mass is 9.99. The third-order valence-electron chi connectivity index (χ3n) is 3.91. The van der Waals surface area contributed by atoms with Crippen molar-refractivity contribution in [1.29, 1.82) is 0 Å². The van der Waals surface area contributed by atoms with Gasteiger partial charge in [-0.05, 0) is 43.5 Å². The molecule has 2 N–H and O–H groups in total. The van der Waals surface area contributed by atoms with Gasteiger partial charge in [-0.3, -0.25) is 0 Å². The van der Waals surface area contributed by atoms with Crippen molar-refractivity contribution in [2.24, 2.45) is 0 Å². The molecular weight excluding hydrogens is 298 g/mol. The number of phenols is 1. The fourth-order valence-electron chi connectivity index (χ4n) is 2.88. The van der Waals surface area contributed by atoms with Gasteiger partial charge < -0.3 is 10.4 Å². The smallest absolute Gasteiger partial charge is 0.115 e. The largest absolute Gasteiger partial charge is 0.508 e. The summed E-state index contributed by atoms with van der Waals surface area (Å²) in [6, 6.07) is 8.22. The Bertz CT molecular complexity index is 427. The molecular formula is C17H27NOS2. The molecule has 21 heavy (non-hydrogen) atoms. The highest BCUT2D eigenvalue weighted by Gasteiger charge is 2.31. The minimum absolute atomic E-state index is 0.374. The Morgan fingerprint density at radius 3 is 2.81 bits per heavy atom. The van der Waals surface area contributed by atoms with E-state index in [1.807, 2.05) is 12.1 Å². The first-order chi connectivity index (χ1) is 10.2. The van der Waals surface area contributed by atoms with Gasteiger partial charge in [0.2, 0.25) is 0 Å². The summed E-state index contributed by atoms with van der Waals surface area (Å²) in [7, 11) is 0. The lowest BCUT2D eigenvalue weighted by molar-refractivity contribution is 0.466. The summed E-state index contributed by atoms with van der Waals surface area (Å²) in [6.45, 7) is 5.60. The van der Waals surface area contributed by atoms with E-state index in [1.165, 1.54) is 23.5 Å². The van der Waals surface area contributed by atoms with Crippen LogP contribution in [0, 0.1) is 0 Å². The van der Waals surface area contributed by atoms with Crippen molar-refractivity contribution in [3.8, 4) is 5.75 Å². The van der Waals surface area contributed by atoms with Crippen molar-refractivity contribution in [1.82, 2.24) is 5.32 Å². The summed E-state index contributed by atoms with van der Waals surface area (Å²) in [6.07, 6.45) is 3.41. The quantitative estimate of drug-likeness (QED) is 0.795. The summed E-state index contributed by atoms with van der Waals surface area (Å²) in [5, 5.41) is 14.9. The fraction of sp³-hybridized carbons (Fsp3) is 0.647. The number of hydrogen-bond donors (Lipinski definition) is 2. The van der Waals surface area contributed by atoms with E-state index in [9.17, 15) is 5.11 Å². The fourth-order valence-corrected chi connectivity index (χ4v) is 6.15. The Morgan fingerprint density at radius 1 is 1.29 bits per heavy atom. The van der Waals surface area contributed by atoms with Crippen LogP contribution in [0.1, 0.15) is 32.3 Å². The minimum Gasteiger partial charge on any atom is -0.508 e. The van der Waals surface area contributed by atoms with Crippen molar-refractivity contribution < 1.29 is 5.11 Å². The first-order valence-corrected chi connectivity index (χ1v) is 10.1. The van der Waals surface area contributed by atoms with Gasteiger partial charge in [0, 0.05) is 28.0 Å². The Balaban J connectivity index is 2.09. The van der Waals surface area contributed by atoms with Crippen LogP contribution >= 0.6 is 23.5 Å². The first kappa shape index (κ1) is 17.0. The number of benzene rings is 1. The standard InChI is InChI=1S/C17H27NOS2/c1-3-8-18-15(12-13-6-5-7-14(19)11-13)17-16(4-2)20-9-10-21-17/h5-7,11,15-19H,3-4,8-10,12H2,1-2H3. The second kappa shape index (κ2) is 8.96. The molecule has 4 heteroatoms. The maximum absolute atomic E-state index is 9.68.